The number of morpholine rings is 1. The Balaban J connectivity index is 1.60. The number of nitrogens with two attached hydrogens (primary N) is 1. The van der Waals surface area contributed by atoms with Crippen molar-refractivity contribution in [2.45, 2.75) is 18.1 Å². The first-order valence-corrected chi connectivity index (χ1v) is 12.3. The molecule has 2 N–H and O–H groups in total. The van der Waals surface area contributed by atoms with Crippen molar-refractivity contribution < 1.29 is 9.53 Å². The Hall–Kier alpha value is -3.22. The van der Waals surface area contributed by atoms with Gasteiger partial charge in [0.15, 0.2) is 10.9 Å². The highest BCUT2D eigenvalue weighted by Crippen LogP contribution is 2.20. The molecule has 1 fully saturated rings. The largest absolute Gasteiger partial charge is 0.384 e. The normalized spacial score (nSPS) is 14.5. The van der Waals surface area contributed by atoms with Crippen molar-refractivity contribution in [3.05, 3.63) is 61.0 Å². The lowest BCUT2D eigenvalue weighted by Gasteiger charge is -2.26. The SMILES string of the molecule is Cn1c(N)c(C(=O)CSc2nc3ccccc3c(=O)n2CCCN2CCOCC2)c(=O)n(C)c1=O. The molecule has 11 nitrogen and oxygen atoms in total. The van der Waals surface area contributed by atoms with Crippen molar-refractivity contribution in [3.63, 3.8) is 0 Å². The molecule has 186 valence electrons. The molecule has 3 aromatic rings. The van der Waals surface area contributed by atoms with Crippen LogP contribution in [0.5, 0.6) is 0 Å². The van der Waals surface area contributed by atoms with Gasteiger partial charge in [0.25, 0.3) is 11.1 Å². The number of fused-ring (bicyclic) bond motifs is 1. The van der Waals surface area contributed by atoms with Crippen molar-refractivity contribution in [2.75, 3.05) is 44.3 Å². The maximum atomic E-state index is 13.3. The van der Waals surface area contributed by atoms with Crippen LogP contribution in [0.4, 0.5) is 5.82 Å². The van der Waals surface area contributed by atoms with Gasteiger partial charge in [-0.2, -0.15) is 0 Å². The minimum Gasteiger partial charge on any atom is -0.384 e. The summed E-state index contributed by atoms with van der Waals surface area (Å²) in [5.41, 5.74) is 4.68. The lowest BCUT2D eigenvalue weighted by atomic mass is 10.2. The molecule has 0 aliphatic carbocycles. The summed E-state index contributed by atoms with van der Waals surface area (Å²) in [7, 11) is 2.70. The number of nitrogens with zero attached hydrogens (tertiary/aromatic N) is 5. The molecule has 0 saturated carbocycles. The molecule has 4 rings (SSSR count). The molecule has 0 unspecified atom stereocenters. The molecule has 1 aliphatic rings. The van der Waals surface area contributed by atoms with Crippen LogP contribution in [0.25, 0.3) is 10.9 Å². The van der Waals surface area contributed by atoms with E-state index in [-0.39, 0.29) is 22.7 Å². The van der Waals surface area contributed by atoms with Crippen molar-refractivity contribution in [1.82, 2.24) is 23.6 Å². The average molecular weight is 501 g/mol. The van der Waals surface area contributed by atoms with E-state index in [0.29, 0.717) is 35.8 Å². The molecular weight excluding hydrogens is 472 g/mol. The maximum absolute atomic E-state index is 13.3. The number of ketones is 1. The molecule has 0 radical (unpaired) electrons. The number of thioether (sulfide) groups is 1. The molecule has 0 bridgehead atoms. The predicted molar refractivity (Wildman–Crippen MR) is 134 cm³/mol. The smallest absolute Gasteiger partial charge is 0.332 e. The van der Waals surface area contributed by atoms with Gasteiger partial charge in [-0.25, -0.2) is 9.78 Å². The molecule has 1 aliphatic heterocycles. The second-order valence-corrected chi connectivity index (χ2v) is 9.30. The van der Waals surface area contributed by atoms with Gasteiger partial charge in [0.05, 0.1) is 29.9 Å². The second-order valence-electron chi connectivity index (χ2n) is 8.35. The minimum atomic E-state index is -0.745. The molecule has 3 heterocycles. The minimum absolute atomic E-state index is 0.161. The summed E-state index contributed by atoms with van der Waals surface area (Å²) < 4.78 is 8.89. The molecule has 1 aromatic carbocycles. The third-order valence-corrected chi connectivity index (χ3v) is 7.08. The number of para-hydroxylation sites is 1. The van der Waals surface area contributed by atoms with E-state index in [2.05, 4.69) is 9.88 Å². The summed E-state index contributed by atoms with van der Waals surface area (Å²) >= 11 is 1.08. The molecule has 1 saturated heterocycles. The molecular formula is C23H28N6O5S. The maximum Gasteiger partial charge on any atom is 0.332 e. The summed E-state index contributed by atoms with van der Waals surface area (Å²) in [4.78, 5) is 57.8. The fourth-order valence-corrected chi connectivity index (χ4v) is 4.95. The zero-order chi connectivity index (χ0) is 25.1. The van der Waals surface area contributed by atoms with Crippen LogP contribution >= 0.6 is 11.8 Å². The number of hydrogen-bond donors (Lipinski definition) is 1. The van der Waals surface area contributed by atoms with Gasteiger partial charge < -0.3 is 10.5 Å². The fraction of sp³-hybridized carbons (Fsp3) is 0.435. The zero-order valence-electron chi connectivity index (χ0n) is 19.7. The Labute approximate surface area is 205 Å². The van der Waals surface area contributed by atoms with Crippen LogP contribution in [-0.4, -0.2) is 68.0 Å². The molecule has 0 atom stereocenters. The highest BCUT2D eigenvalue weighted by Gasteiger charge is 2.22. The summed E-state index contributed by atoms with van der Waals surface area (Å²) in [6, 6.07) is 7.07. The number of aromatic nitrogens is 4. The Morgan fingerprint density at radius 3 is 2.51 bits per heavy atom. The number of rotatable bonds is 8. The first kappa shape index (κ1) is 24.9. The number of ether oxygens (including phenoxy) is 1. The number of hydrogen-bond acceptors (Lipinski definition) is 9. The zero-order valence-corrected chi connectivity index (χ0v) is 20.5. The molecule has 35 heavy (non-hydrogen) atoms. The number of carbonyl (C=O) groups is 1. The topological polar surface area (TPSA) is 134 Å². The van der Waals surface area contributed by atoms with Gasteiger partial charge in [-0.05, 0) is 18.6 Å². The standard InChI is InChI=1S/C23H28N6O5S/c1-26-19(24)18(21(32)27(2)23(26)33)17(30)14-35-22-25-16-7-4-3-6-15(16)20(31)29(22)9-5-8-28-10-12-34-13-11-28/h3-4,6-7H,5,8-14,24H2,1-2H3. The Morgan fingerprint density at radius 1 is 1.06 bits per heavy atom. The van der Waals surface area contributed by atoms with Gasteiger partial charge in [-0.3, -0.25) is 33.0 Å². The first-order chi connectivity index (χ1) is 16.8. The van der Waals surface area contributed by atoms with Crippen molar-refractivity contribution >= 4 is 34.3 Å². The van der Waals surface area contributed by atoms with Crippen LogP contribution < -0.4 is 22.5 Å². The average Bonchev–Trinajstić information content (AvgIpc) is 2.87. The first-order valence-electron chi connectivity index (χ1n) is 11.3. The van der Waals surface area contributed by atoms with Gasteiger partial charge in [0.1, 0.15) is 11.4 Å². The van der Waals surface area contributed by atoms with E-state index >= 15 is 0 Å². The predicted octanol–water partition coefficient (Wildman–Crippen LogP) is 0.0734. The number of carbonyl (C=O) groups excluding carboxylic acids is 1. The van der Waals surface area contributed by atoms with E-state index in [0.717, 1.165) is 47.0 Å². The Kier molecular flexibility index (Phi) is 7.53. The molecule has 12 heteroatoms. The number of benzene rings is 1. The lowest BCUT2D eigenvalue weighted by Crippen LogP contribution is -2.41. The van der Waals surface area contributed by atoms with Gasteiger partial charge in [-0.1, -0.05) is 23.9 Å². The number of nitrogen functional groups attached to an aromatic ring is 1. The van der Waals surface area contributed by atoms with Crippen LogP contribution in [-0.2, 0) is 25.4 Å². The summed E-state index contributed by atoms with van der Waals surface area (Å²) in [5, 5.41) is 0.898. The van der Waals surface area contributed by atoms with Gasteiger partial charge in [0.2, 0.25) is 0 Å². The van der Waals surface area contributed by atoms with Gasteiger partial charge >= 0.3 is 5.69 Å². The lowest BCUT2D eigenvalue weighted by molar-refractivity contribution is 0.0368. The highest BCUT2D eigenvalue weighted by molar-refractivity contribution is 7.99. The van der Waals surface area contributed by atoms with E-state index in [1.54, 1.807) is 28.8 Å². The van der Waals surface area contributed by atoms with Gasteiger partial charge in [0, 0.05) is 40.3 Å². The Morgan fingerprint density at radius 2 is 1.77 bits per heavy atom. The van der Waals surface area contributed by atoms with Crippen LogP contribution in [0.2, 0.25) is 0 Å². The van der Waals surface area contributed by atoms with E-state index < -0.39 is 17.0 Å². The third-order valence-electron chi connectivity index (χ3n) is 6.11. The fourth-order valence-electron chi connectivity index (χ4n) is 4.06. The van der Waals surface area contributed by atoms with Crippen LogP contribution in [0.1, 0.15) is 16.8 Å². The van der Waals surface area contributed by atoms with Crippen LogP contribution in [0.3, 0.4) is 0 Å². The van der Waals surface area contributed by atoms with Crippen molar-refractivity contribution in [1.29, 1.82) is 0 Å². The van der Waals surface area contributed by atoms with E-state index in [1.165, 1.54) is 14.1 Å². The van der Waals surface area contributed by atoms with Gasteiger partial charge in [-0.15, -0.1) is 0 Å². The van der Waals surface area contributed by atoms with Crippen molar-refractivity contribution in [3.8, 4) is 0 Å². The summed E-state index contributed by atoms with van der Waals surface area (Å²) in [6.07, 6.45) is 0.732. The summed E-state index contributed by atoms with van der Waals surface area (Å²) in [6.45, 7) is 4.38. The third kappa shape index (κ3) is 5.09. The van der Waals surface area contributed by atoms with E-state index in [9.17, 15) is 19.2 Å². The summed E-state index contributed by atoms with van der Waals surface area (Å²) in [5.74, 6) is -0.879. The van der Waals surface area contributed by atoms with E-state index in [4.69, 9.17) is 10.5 Å². The van der Waals surface area contributed by atoms with Crippen LogP contribution in [0, 0.1) is 0 Å². The number of anilines is 1. The quantitative estimate of drug-likeness (QED) is 0.259. The van der Waals surface area contributed by atoms with E-state index in [1.807, 2.05) is 0 Å². The Bertz CT molecular complexity index is 1440. The highest BCUT2D eigenvalue weighted by atomic mass is 32.2. The van der Waals surface area contributed by atoms with Crippen molar-refractivity contribution in [2.24, 2.45) is 14.1 Å². The molecule has 0 spiro atoms. The second kappa shape index (κ2) is 10.6. The number of Topliss-reactive ketones (excluding diaryl/α,β-unsaturated/α-hetero) is 1. The molecule has 2 aromatic heterocycles. The molecule has 0 amide bonds. The monoisotopic (exact) mass is 500 g/mol. The van der Waals surface area contributed by atoms with Crippen LogP contribution in [0.15, 0.2) is 43.8 Å².